The highest BCUT2D eigenvalue weighted by atomic mass is 79.9. The quantitative estimate of drug-likeness (QED) is 0.753. The van der Waals surface area contributed by atoms with Crippen LogP contribution in [0.5, 0.6) is 0 Å². The number of carboxylic acid groups (broad SMARTS) is 1. The third kappa shape index (κ3) is 5.44. The van der Waals surface area contributed by atoms with Crippen LogP contribution in [0.15, 0.2) is 28.9 Å². The second kappa shape index (κ2) is 7.82. The number of amides is 1. The van der Waals surface area contributed by atoms with Gasteiger partial charge in [0.05, 0.1) is 12.7 Å². The Kier molecular flexibility index (Phi) is 5.80. The predicted molar refractivity (Wildman–Crippen MR) is 81.9 cm³/mol. The van der Waals surface area contributed by atoms with Gasteiger partial charge in [-0.1, -0.05) is 21.1 Å². The van der Waals surface area contributed by atoms with Gasteiger partial charge in [0, 0.05) is 10.9 Å². The van der Waals surface area contributed by atoms with Crippen molar-refractivity contribution in [2.75, 3.05) is 0 Å². The molecule has 0 saturated heterocycles. The number of carbonyl (C=O) groups excluding carboxylic acids is 1. The molecule has 0 aliphatic heterocycles. The summed E-state index contributed by atoms with van der Waals surface area (Å²) < 4.78 is 15.1. The van der Waals surface area contributed by atoms with Gasteiger partial charge in [0.15, 0.2) is 0 Å². The van der Waals surface area contributed by atoms with E-state index in [1.807, 2.05) is 0 Å². The van der Waals surface area contributed by atoms with E-state index in [4.69, 9.17) is 5.11 Å². The zero-order valence-corrected chi connectivity index (χ0v) is 13.6. The Balaban J connectivity index is 1.80. The zero-order valence-electron chi connectivity index (χ0n) is 12.0. The number of nitrogens with one attached hydrogen (secondary N) is 1. The first-order chi connectivity index (χ1) is 10.9. The smallest absolute Gasteiger partial charge is 0.325 e. The maximum atomic E-state index is 13.2. The average molecular weight is 385 g/mol. The number of hydrogen-bond donors (Lipinski definition) is 2. The van der Waals surface area contributed by atoms with Crippen LogP contribution >= 0.6 is 15.9 Å². The van der Waals surface area contributed by atoms with Crippen LogP contribution in [0.25, 0.3) is 0 Å². The summed E-state index contributed by atoms with van der Waals surface area (Å²) in [5.74, 6) is -1.58. The lowest BCUT2D eigenvalue weighted by atomic mass is 10.1. The summed E-state index contributed by atoms with van der Waals surface area (Å²) in [6.07, 6.45) is 2.05. The number of nitrogens with zero attached hydrogens (tertiary/aromatic N) is 3. The van der Waals surface area contributed by atoms with E-state index in [9.17, 15) is 14.0 Å². The van der Waals surface area contributed by atoms with E-state index in [1.165, 1.54) is 23.0 Å². The topological polar surface area (TPSA) is 97.1 Å². The molecule has 2 N–H and O–H groups in total. The van der Waals surface area contributed by atoms with E-state index in [0.717, 1.165) is 4.47 Å². The average Bonchev–Trinajstić information content (AvgIpc) is 2.92. The van der Waals surface area contributed by atoms with Crippen LogP contribution in [-0.2, 0) is 29.1 Å². The number of carbonyl (C=O) groups is 2. The Morgan fingerprint density at radius 1 is 1.39 bits per heavy atom. The molecule has 0 saturated carbocycles. The molecule has 0 aliphatic rings. The van der Waals surface area contributed by atoms with Gasteiger partial charge in [0.1, 0.15) is 18.1 Å². The Labute approximate surface area is 139 Å². The lowest BCUT2D eigenvalue weighted by molar-refractivity contribution is -0.138. The Bertz CT molecular complexity index is 720. The fourth-order valence-corrected chi connectivity index (χ4v) is 2.34. The first kappa shape index (κ1) is 17.1. The molecular weight excluding hydrogens is 371 g/mol. The van der Waals surface area contributed by atoms with Gasteiger partial charge in [-0.15, -0.1) is 5.10 Å². The van der Waals surface area contributed by atoms with Crippen molar-refractivity contribution in [1.29, 1.82) is 0 Å². The minimum atomic E-state index is -1.02. The fraction of sp³-hybridized carbons (Fsp3) is 0.286. The van der Waals surface area contributed by atoms with Crippen LogP contribution in [0, 0.1) is 5.82 Å². The molecule has 1 aromatic heterocycles. The highest BCUT2D eigenvalue weighted by Crippen LogP contribution is 2.19. The lowest BCUT2D eigenvalue weighted by Crippen LogP contribution is -2.23. The summed E-state index contributed by atoms with van der Waals surface area (Å²) in [7, 11) is 0. The monoisotopic (exact) mass is 384 g/mol. The SMILES string of the molecule is O=C(O)Cn1cc(CNC(=O)CCc2cc(F)ccc2Br)nn1. The second-order valence-electron chi connectivity index (χ2n) is 4.81. The molecule has 7 nitrogen and oxygen atoms in total. The molecule has 0 aliphatic carbocycles. The molecule has 23 heavy (non-hydrogen) atoms. The maximum absolute atomic E-state index is 13.2. The van der Waals surface area contributed by atoms with E-state index in [2.05, 4.69) is 31.6 Å². The number of carboxylic acids is 1. The van der Waals surface area contributed by atoms with Crippen LogP contribution in [0.3, 0.4) is 0 Å². The Morgan fingerprint density at radius 2 is 2.17 bits per heavy atom. The number of rotatable bonds is 7. The van der Waals surface area contributed by atoms with Gasteiger partial charge in [0.25, 0.3) is 0 Å². The molecule has 0 spiro atoms. The number of aryl methyl sites for hydroxylation is 1. The van der Waals surface area contributed by atoms with Gasteiger partial charge in [-0.05, 0) is 30.2 Å². The summed E-state index contributed by atoms with van der Waals surface area (Å²) in [5, 5.41) is 18.7. The van der Waals surface area contributed by atoms with Crippen molar-refractivity contribution in [2.24, 2.45) is 0 Å². The second-order valence-corrected chi connectivity index (χ2v) is 5.67. The fourth-order valence-electron chi connectivity index (χ4n) is 1.90. The number of benzene rings is 1. The lowest BCUT2D eigenvalue weighted by Gasteiger charge is -2.05. The molecule has 1 heterocycles. The van der Waals surface area contributed by atoms with Crippen LogP contribution in [0.1, 0.15) is 17.7 Å². The molecule has 0 bridgehead atoms. The molecule has 2 rings (SSSR count). The van der Waals surface area contributed by atoms with Gasteiger partial charge >= 0.3 is 5.97 Å². The van der Waals surface area contributed by atoms with E-state index < -0.39 is 5.97 Å². The van der Waals surface area contributed by atoms with Gasteiger partial charge in [0.2, 0.25) is 5.91 Å². The summed E-state index contributed by atoms with van der Waals surface area (Å²) in [6.45, 7) is -0.128. The van der Waals surface area contributed by atoms with E-state index in [1.54, 1.807) is 6.07 Å². The van der Waals surface area contributed by atoms with Gasteiger partial charge in [-0.25, -0.2) is 9.07 Å². The predicted octanol–water partition coefficient (Wildman–Crippen LogP) is 1.51. The summed E-state index contributed by atoms with van der Waals surface area (Å²) in [4.78, 5) is 22.3. The van der Waals surface area contributed by atoms with Crippen molar-refractivity contribution >= 4 is 27.8 Å². The largest absolute Gasteiger partial charge is 0.480 e. The number of aromatic nitrogens is 3. The van der Waals surface area contributed by atoms with Crippen LogP contribution in [0.2, 0.25) is 0 Å². The number of hydrogen-bond acceptors (Lipinski definition) is 4. The maximum Gasteiger partial charge on any atom is 0.325 e. The van der Waals surface area contributed by atoms with Crippen molar-refractivity contribution in [1.82, 2.24) is 20.3 Å². The molecule has 0 radical (unpaired) electrons. The molecule has 0 fully saturated rings. The van der Waals surface area contributed by atoms with Crippen LogP contribution in [-0.4, -0.2) is 32.0 Å². The summed E-state index contributed by atoms with van der Waals surface area (Å²) in [6, 6.07) is 4.33. The Morgan fingerprint density at radius 3 is 2.91 bits per heavy atom. The third-order valence-electron chi connectivity index (χ3n) is 2.98. The number of aliphatic carboxylic acids is 1. The van der Waals surface area contributed by atoms with Gasteiger partial charge in [-0.2, -0.15) is 0 Å². The number of halogens is 2. The van der Waals surface area contributed by atoms with Crippen molar-refractivity contribution < 1.29 is 19.1 Å². The minimum absolute atomic E-state index is 0.156. The molecule has 9 heteroatoms. The molecule has 2 aromatic rings. The van der Waals surface area contributed by atoms with Crippen LogP contribution in [0.4, 0.5) is 4.39 Å². The highest BCUT2D eigenvalue weighted by Gasteiger charge is 2.08. The van der Waals surface area contributed by atoms with Crippen LogP contribution < -0.4 is 5.32 Å². The molecule has 1 aromatic carbocycles. The van der Waals surface area contributed by atoms with E-state index >= 15 is 0 Å². The van der Waals surface area contributed by atoms with Gasteiger partial charge in [-0.3, -0.25) is 9.59 Å². The first-order valence-corrected chi connectivity index (χ1v) is 7.55. The standard InChI is InChI=1S/C14H14BrFN4O3/c15-12-3-2-10(16)5-9(12)1-4-13(21)17-6-11-7-20(19-18-11)8-14(22)23/h2-3,5,7H,1,4,6,8H2,(H,17,21)(H,22,23). The van der Waals surface area contributed by atoms with Crippen molar-refractivity contribution in [3.63, 3.8) is 0 Å². The van der Waals surface area contributed by atoms with Gasteiger partial charge < -0.3 is 10.4 Å². The van der Waals surface area contributed by atoms with Crippen molar-refractivity contribution in [2.45, 2.75) is 25.9 Å². The van der Waals surface area contributed by atoms with E-state index in [-0.39, 0.29) is 31.2 Å². The minimum Gasteiger partial charge on any atom is -0.480 e. The molecule has 0 atom stereocenters. The first-order valence-electron chi connectivity index (χ1n) is 6.75. The molecule has 0 unspecified atom stereocenters. The molecular formula is C14H14BrFN4O3. The third-order valence-corrected chi connectivity index (χ3v) is 3.75. The summed E-state index contributed by atoms with van der Waals surface area (Å²) >= 11 is 3.31. The molecule has 1 amide bonds. The summed E-state index contributed by atoms with van der Waals surface area (Å²) in [5.41, 5.74) is 1.18. The Hall–Kier alpha value is -2.29. The van der Waals surface area contributed by atoms with Crippen molar-refractivity contribution in [3.05, 3.63) is 45.9 Å². The normalized spacial score (nSPS) is 10.5. The van der Waals surface area contributed by atoms with E-state index in [0.29, 0.717) is 17.7 Å². The van der Waals surface area contributed by atoms with Crippen molar-refractivity contribution in [3.8, 4) is 0 Å². The molecule has 122 valence electrons. The highest BCUT2D eigenvalue weighted by molar-refractivity contribution is 9.10. The zero-order chi connectivity index (χ0) is 16.8.